The van der Waals surface area contributed by atoms with Crippen LogP contribution in [0, 0.1) is 5.21 Å². The summed E-state index contributed by atoms with van der Waals surface area (Å²) in [6.45, 7) is 8.40. The topological polar surface area (TPSA) is 70.1 Å². The fourth-order valence-corrected chi connectivity index (χ4v) is 4.99. The zero-order chi connectivity index (χ0) is 23.3. The van der Waals surface area contributed by atoms with Crippen LogP contribution in [0.4, 0.5) is 5.69 Å². The van der Waals surface area contributed by atoms with E-state index in [1.165, 1.54) is 12.6 Å². The van der Waals surface area contributed by atoms with Gasteiger partial charge in [0.1, 0.15) is 6.23 Å². The lowest BCUT2D eigenvalue weighted by Crippen LogP contribution is -2.51. The van der Waals surface area contributed by atoms with Gasteiger partial charge in [-0.1, -0.05) is 56.0 Å². The van der Waals surface area contributed by atoms with Crippen molar-refractivity contribution in [1.82, 2.24) is 9.80 Å². The van der Waals surface area contributed by atoms with Crippen molar-refractivity contribution in [2.75, 3.05) is 38.3 Å². The third-order valence-electron chi connectivity index (χ3n) is 5.68. The zero-order valence-electron chi connectivity index (χ0n) is 19.2. The summed E-state index contributed by atoms with van der Waals surface area (Å²) in [6, 6.07) is 14.0. The van der Waals surface area contributed by atoms with E-state index in [1.807, 2.05) is 41.3 Å². The average Bonchev–Trinajstić information content (AvgIpc) is 2.78. The van der Waals surface area contributed by atoms with Gasteiger partial charge in [0.2, 0.25) is 5.91 Å². The molecular weight excluding hydrogens is 422 g/mol. The van der Waals surface area contributed by atoms with Crippen molar-refractivity contribution in [3.05, 3.63) is 64.9 Å². The third kappa shape index (κ3) is 6.13. The quantitative estimate of drug-likeness (QED) is 0.626. The average molecular weight is 455 g/mol. The number of aliphatic hydroxyl groups is 1. The highest BCUT2D eigenvalue weighted by atomic mass is 32.2. The number of hydrogen-bond acceptors (Lipinski definition) is 6. The van der Waals surface area contributed by atoms with Gasteiger partial charge in [-0.2, -0.15) is 0 Å². The van der Waals surface area contributed by atoms with Gasteiger partial charge in [0, 0.05) is 48.6 Å². The Morgan fingerprint density at radius 2 is 1.81 bits per heavy atom. The maximum atomic E-state index is 12.3. The number of nitrogens with zero attached hydrogens (tertiary/aromatic N) is 3. The first-order valence-corrected chi connectivity index (χ1v) is 11.8. The molecule has 1 saturated heterocycles. The molecule has 1 unspecified atom stereocenters. The Bertz CT molecular complexity index is 953. The molecular formula is C25H32N3O3S-. The molecule has 0 bridgehead atoms. The van der Waals surface area contributed by atoms with Crippen molar-refractivity contribution in [1.29, 1.82) is 0 Å². The molecule has 1 heterocycles. The Labute approximate surface area is 195 Å². The van der Waals surface area contributed by atoms with E-state index in [0.29, 0.717) is 37.8 Å². The Morgan fingerprint density at radius 3 is 2.44 bits per heavy atom. The first-order chi connectivity index (χ1) is 15.3. The molecule has 0 aromatic heterocycles. The fraction of sp³-hybridized carbons (Fsp3) is 0.400. The van der Waals surface area contributed by atoms with Gasteiger partial charge < -0.3 is 20.3 Å². The Hall–Kier alpha value is -2.32. The highest BCUT2D eigenvalue weighted by molar-refractivity contribution is 7.99. The largest absolute Gasteiger partial charge is 0.758 e. The van der Waals surface area contributed by atoms with E-state index >= 15 is 0 Å². The summed E-state index contributed by atoms with van der Waals surface area (Å²) in [7, 11) is 1.50. The van der Waals surface area contributed by atoms with Crippen LogP contribution in [0.2, 0.25) is 0 Å². The summed E-state index contributed by atoms with van der Waals surface area (Å²) >= 11 is 1.60. The Balaban J connectivity index is 1.73. The summed E-state index contributed by atoms with van der Waals surface area (Å²) in [5, 5.41) is 23.7. The number of hydrogen-bond donors (Lipinski definition) is 1. The van der Waals surface area contributed by atoms with Crippen molar-refractivity contribution < 1.29 is 9.90 Å². The van der Waals surface area contributed by atoms with E-state index in [-0.39, 0.29) is 5.91 Å². The molecule has 172 valence electrons. The van der Waals surface area contributed by atoms with Gasteiger partial charge in [-0.25, -0.2) is 0 Å². The van der Waals surface area contributed by atoms with Gasteiger partial charge in [-0.15, -0.1) is 0 Å². The molecule has 1 fully saturated rings. The number of amides is 1. The lowest BCUT2D eigenvalue weighted by atomic mass is 10.0. The van der Waals surface area contributed by atoms with E-state index in [4.69, 9.17) is 0 Å². The number of rotatable bonds is 7. The van der Waals surface area contributed by atoms with Crippen LogP contribution in [-0.4, -0.2) is 60.3 Å². The number of anilines is 1. The van der Waals surface area contributed by atoms with Crippen LogP contribution >= 0.6 is 11.8 Å². The normalized spacial score (nSPS) is 16.0. The highest BCUT2D eigenvalue weighted by Gasteiger charge is 2.22. The van der Waals surface area contributed by atoms with Gasteiger partial charge in [0.15, 0.2) is 0 Å². The van der Waals surface area contributed by atoms with Gasteiger partial charge in [-0.3, -0.25) is 9.69 Å². The molecule has 1 atom stereocenters. The lowest BCUT2D eigenvalue weighted by molar-refractivity contribution is -0.131. The molecule has 1 amide bonds. The molecule has 1 aliphatic heterocycles. The maximum Gasteiger partial charge on any atom is 0.219 e. The second kappa shape index (κ2) is 11.0. The predicted octanol–water partition coefficient (Wildman–Crippen LogP) is 4.39. The van der Waals surface area contributed by atoms with Gasteiger partial charge in [0.05, 0.1) is 0 Å². The molecule has 0 spiro atoms. The fourth-order valence-electron chi connectivity index (χ4n) is 3.76. The van der Waals surface area contributed by atoms with Crippen LogP contribution in [0.25, 0.3) is 6.08 Å². The summed E-state index contributed by atoms with van der Waals surface area (Å²) in [6.07, 6.45) is 2.84. The van der Waals surface area contributed by atoms with Crippen molar-refractivity contribution in [3.8, 4) is 0 Å². The Morgan fingerprint density at radius 1 is 1.12 bits per heavy atom. The summed E-state index contributed by atoms with van der Waals surface area (Å²) in [5.74, 6) is 0.464. The van der Waals surface area contributed by atoms with Crippen LogP contribution < -0.4 is 5.06 Å². The van der Waals surface area contributed by atoms with Crippen LogP contribution in [0.15, 0.2) is 58.3 Å². The third-order valence-corrected chi connectivity index (χ3v) is 6.83. The molecule has 0 saturated carbocycles. The van der Waals surface area contributed by atoms with Crippen LogP contribution in [-0.2, 0) is 4.79 Å². The van der Waals surface area contributed by atoms with Crippen molar-refractivity contribution in [2.45, 2.75) is 42.7 Å². The molecule has 2 aromatic carbocycles. The standard InChI is InChI=1S/C25H32N3O3S/c1-18(2)21-7-5-6-8-23(21)32-24-11-9-20(17-22(24)26(4)31)10-12-25(30)28-15-13-27(14-16-28)19(3)29/h5-12,17-18,25,30H,13-16H2,1-4H3/q-1/b12-10+. The van der Waals surface area contributed by atoms with Gasteiger partial charge in [0.25, 0.3) is 0 Å². The van der Waals surface area contributed by atoms with Gasteiger partial charge >= 0.3 is 0 Å². The van der Waals surface area contributed by atoms with E-state index in [2.05, 4.69) is 26.0 Å². The first-order valence-electron chi connectivity index (χ1n) is 10.9. The van der Waals surface area contributed by atoms with E-state index in [9.17, 15) is 15.1 Å². The number of aliphatic hydroxyl groups excluding tert-OH is 1. The molecule has 1 N–H and O–H groups in total. The second-order valence-corrected chi connectivity index (χ2v) is 9.42. The number of hydroxylamine groups is 1. The summed E-state index contributed by atoms with van der Waals surface area (Å²) < 4.78 is 0. The monoisotopic (exact) mass is 454 g/mol. The molecule has 6 nitrogen and oxygen atoms in total. The van der Waals surface area contributed by atoms with Gasteiger partial charge in [-0.05, 0) is 48.4 Å². The van der Waals surface area contributed by atoms with E-state index in [0.717, 1.165) is 20.4 Å². The first kappa shape index (κ1) is 24.3. The number of piperazine rings is 1. The van der Waals surface area contributed by atoms with E-state index in [1.54, 1.807) is 29.7 Å². The molecule has 7 heteroatoms. The van der Waals surface area contributed by atoms with Crippen LogP contribution in [0.5, 0.6) is 0 Å². The second-order valence-electron chi connectivity index (χ2n) is 8.33. The lowest BCUT2D eigenvalue weighted by Gasteiger charge is -2.35. The molecule has 3 rings (SSSR count). The Kier molecular flexibility index (Phi) is 8.37. The number of benzene rings is 2. The smallest absolute Gasteiger partial charge is 0.219 e. The highest BCUT2D eigenvalue weighted by Crippen LogP contribution is 2.39. The number of carbonyl (C=O) groups excluding carboxylic acids is 1. The minimum absolute atomic E-state index is 0.0675. The molecule has 1 aliphatic rings. The SMILES string of the molecule is CC(=O)N1CCN(C(O)/C=C/c2ccc(Sc3ccccc3C(C)C)c(N(C)[O-])c2)CC1. The predicted molar refractivity (Wildman–Crippen MR) is 132 cm³/mol. The minimum atomic E-state index is -0.732. The summed E-state index contributed by atoms with van der Waals surface area (Å²) in [5.41, 5.74) is 2.71. The van der Waals surface area contributed by atoms with Crippen molar-refractivity contribution >= 4 is 29.4 Å². The molecule has 2 aromatic rings. The van der Waals surface area contributed by atoms with Crippen molar-refractivity contribution in [3.63, 3.8) is 0 Å². The number of carbonyl (C=O) groups is 1. The molecule has 0 radical (unpaired) electrons. The molecule has 0 aliphatic carbocycles. The van der Waals surface area contributed by atoms with Crippen LogP contribution in [0.1, 0.15) is 37.8 Å². The maximum absolute atomic E-state index is 12.3. The summed E-state index contributed by atoms with van der Waals surface area (Å²) in [4.78, 5) is 17.2. The van der Waals surface area contributed by atoms with Crippen molar-refractivity contribution in [2.24, 2.45) is 0 Å². The zero-order valence-corrected chi connectivity index (χ0v) is 20.0. The minimum Gasteiger partial charge on any atom is -0.758 e. The van der Waals surface area contributed by atoms with Crippen LogP contribution in [0.3, 0.4) is 0 Å². The van der Waals surface area contributed by atoms with E-state index < -0.39 is 6.23 Å². The molecule has 32 heavy (non-hydrogen) atoms.